The van der Waals surface area contributed by atoms with Crippen LogP contribution in [0.3, 0.4) is 0 Å². The number of nitrogens with one attached hydrogen (secondary N) is 2. The summed E-state index contributed by atoms with van der Waals surface area (Å²) in [5.74, 6) is -3.48. The Morgan fingerprint density at radius 3 is 2.44 bits per heavy atom. The van der Waals surface area contributed by atoms with Gasteiger partial charge in [0.1, 0.15) is 6.42 Å². The van der Waals surface area contributed by atoms with Gasteiger partial charge in [-0.3, -0.25) is 9.59 Å². The number of hydrogen-bond donors (Lipinski definition) is 4. The Balaban J connectivity index is 0.000000828. The Labute approximate surface area is 156 Å². The number of H-pyrrole nitrogens is 1. The van der Waals surface area contributed by atoms with Crippen LogP contribution >= 0.6 is 0 Å². The number of hydroxylamine groups is 1. The number of rotatable bonds is 6. The van der Waals surface area contributed by atoms with Crippen molar-refractivity contribution in [3.05, 3.63) is 36.0 Å². The van der Waals surface area contributed by atoms with Crippen LogP contribution in [0.2, 0.25) is 0 Å². The van der Waals surface area contributed by atoms with Crippen molar-refractivity contribution in [1.29, 1.82) is 0 Å². The Morgan fingerprint density at radius 1 is 1.19 bits per heavy atom. The molecule has 4 N–H and O–H groups in total. The summed E-state index contributed by atoms with van der Waals surface area (Å²) in [4.78, 5) is 40.4. The summed E-state index contributed by atoms with van der Waals surface area (Å²) in [6.45, 7) is 4.36. The minimum Gasteiger partial charge on any atom is -0.481 e. The van der Waals surface area contributed by atoms with Gasteiger partial charge in [0.15, 0.2) is 5.71 Å². The number of aromatic nitrogens is 1. The number of unbranched alkanes of at least 4 members (excludes halogenated alkanes) is 1. The molecule has 1 aromatic carbocycles. The summed E-state index contributed by atoms with van der Waals surface area (Å²) < 4.78 is 0. The van der Waals surface area contributed by atoms with Crippen molar-refractivity contribution < 1.29 is 29.5 Å². The number of nitrogens with zero attached hydrogens (tertiary/aromatic N) is 1. The molecule has 2 aromatic rings. The van der Waals surface area contributed by atoms with E-state index in [4.69, 9.17) is 10.3 Å². The maximum absolute atomic E-state index is 11.8. The van der Waals surface area contributed by atoms with Crippen molar-refractivity contribution in [3.8, 4) is 0 Å². The van der Waals surface area contributed by atoms with E-state index in [-0.39, 0.29) is 12.1 Å². The number of benzene rings is 1. The second-order valence-corrected chi connectivity index (χ2v) is 5.56. The van der Waals surface area contributed by atoms with Gasteiger partial charge in [-0.1, -0.05) is 50.0 Å². The summed E-state index contributed by atoms with van der Waals surface area (Å²) in [5, 5.41) is 21.1. The van der Waals surface area contributed by atoms with Gasteiger partial charge in [0.25, 0.3) is 0 Å². The SMILES string of the molecule is CCCC.O=C(O)CC(=O)ONC(=O)/C(Cc1c[nH]c2ccccc12)=N\O. The van der Waals surface area contributed by atoms with Crippen LogP contribution < -0.4 is 5.48 Å². The first kappa shape index (κ1) is 21.7. The van der Waals surface area contributed by atoms with Crippen LogP contribution in [0.4, 0.5) is 0 Å². The zero-order valence-electron chi connectivity index (χ0n) is 15.2. The molecule has 9 nitrogen and oxygen atoms in total. The Kier molecular flexibility index (Phi) is 9.07. The molecular weight excluding hydrogens is 354 g/mol. The first-order valence-corrected chi connectivity index (χ1v) is 8.40. The van der Waals surface area contributed by atoms with Crippen LogP contribution in [-0.2, 0) is 25.6 Å². The molecule has 1 aromatic heterocycles. The number of fused-ring (bicyclic) bond motifs is 1. The monoisotopic (exact) mass is 377 g/mol. The van der Waals surface area contributed by atoms with Crippen LogP contribution in [-0.4, -0.2) is 38.9 Å². The predicted octanol–water partition coefficient (Wildman–Crippen LogP) is 2.40. The molecule has 0 unspecified atom stereocenters. The quantitative estimate of drug-likeness (QED) is 0.264. The minimum absolute atomic E-state index is 0.0111. The fourth-order valence-electron chi connectivity index (χ4n) is 1.94. The normalized spacial score (nSPS) is 10.7. The molecule has 0 saturated carbocycles. The highest BCUT2D eigenvalue weighted by Gasteiger charge is 2.18. The molecule has 146 valence electrons. The van der Waals surface area contributed by atoms with E-state index in [9.17, 15) is 14.4 Å². The van der Waals surface area contributed by atoms with E-state index in [1.807, 2.05) is 24.3 Å². The summed E-state index contributed by atoms with van der Waals surface area (Å²) in [6.07, 6.45) is 3.40. The summed E-state index contributed by atoms with van der Waals surface area (Å²) >= 11 is 0. The average Bonchev–Trinajstić information content (AvgIpc) is 3.06. The highest BCUT2D eigenvalue weighted by atomic mass is 16.7. The molecule has 1 amide bonds. The third-order valence-corrected chi connectivity index (χ3v) is 3.47. The van der Waals surface area contributed by atoms with E-state index < -0.39 is 24.3 Å². The lowest BCUT2D eigenvalue weighted by Crippen LogP contribution is -2.34. The number of aliphatic carboxylic acids is 1. The minimum atomic E-state index is -1.39. The van der Waals surface area contributed by atoms with Crippen molar-refractivity contribution in [2.45, 2.75) is 39.5 Å². The van der Waals surface area contributed by atoms with Crippen molar-refractivity contribution in [1.82, 2.24) is 10.5 Å². The van der Waals surface area contributed by atoms with Crippen LogP contribution in [0, 0.1) is 0 Å². The lowest BCUT2D eigenvalue weighted by molar-refractivity contribution is -0.160. The summed E-state index contributed by atoms with van der Waals surface area (Å²) in [5.41, 5.74) is 3.02. The number of carbonyl (C=O) groups is 3. The number of hydrogen-bond acceptors (Lipinski definition) is 6. The number of carboxylic acid groups (broad SMARTS) is 1. The molecule has 0 fully saturated rings. The van der Waals surface area contributed by atoms with E-state index >= 15 is 0 Å². The molecule has 1 heterocycles. The summed E-state index contributed by atoms with van der Waals surface area (Å²) in [7, 11) is 0. The molecule has 0 bridgehead atoms. The first-order valence-electron chi connectivity index (χ1n) is 8.40. The van der Waals surface area contributed by atoms with Crippen molar-refractivity contribution in [3.63, 3.8) is 0 Å². The van der Waals surface area contributed by atoms with Gasteiger partial charge < -0.3 is 20.1 Å². The van der Waals surface area contributed by atoms with Gasteiger partial charge in [-0.05, 0) is 11.6 Å². The van der Waals surface area contributed by atoms with Crippen molar-refractivity contribution in [2.24, 2.45) is 5.16 Å². The van der Waals surface area contributed by atoms with E-state index in [1.54, 1.807) is 11.7 Å². The third kappa shape index (κ3) is 7.18. The van der Waals surface area contributed by atoms with Crippen LogP contribution in [0.25, 0.3) is 10.9 Å². The number of amides is 1. The van der Waals surface area contributed by atoms with Gasteiger partial charge in [0.2, 0.25) is 0 Å². The zero-order chi connectivity index (χ0) is 20.2. The molecular formula is C18H23N3O6. The Bertz CT molecular complexity index is 810. The van der Waals surface area contributed by atoms with Crippen LogP contribution in [0.1, 0.15) is 38.7 Å². The van der Waals surface area contributed by atoms with E-state index in [1.165, 1.54) is 12.8 Å². The second-order valence-electron chi connectivity index (χ2n) is 5.56. The fraction of sp³-hybridized carbons (Fsp3) is 0.333. The molecule has 0 aliphatic rings. The van der Waals surface area contributed by atoms with Crippen molar-refractivity contribution >= 4 is 34.5 Å². The molecule has 27 heavy (non-hydrogen) atoms. The molecule has 0 radical (unpaired) electrons. The van der Waals surface area contributed by atoms with Gasteiger partial charge in [0, 0.05) is 23.5 Å². The number of carbonyl (C=O) groups excluding carboxylic acids is 2. The van der Waals surface area contributed by atoms with E-state index in [0.717, 1.165) is 10.9 Å². The largest absolute Gasteiger partial charge is 0.481 e. The number of carboxylic acids is 1. The van der Waals surface area contributed by atoms with Crippen LogP contribution in [0.5, 0.6) is 0 Å². The van der Waals surface area contributed by atoms with E-state index in [2.05, 4.69) is 28.8 Å². The van der Waals surface area contributed by atoms with E-state index in [0.29, 0.717) is 5.56 Å². The Morgan fingerprint density at radius 2 is 1.85 bits per heavy atom. The first-order chi connectivity index (χ1) is 12.9. The number of aromatic amines is 1. The van der Waals surface area contributed by atoms with Crippen molar-refractivity contribution in [2.75, 3.05) is 0 Å². The molecule has 0 aliphatic carbocycles. The molecule has 9 heteroatoms. The van der Waals surface area contributed by atoms with Gasteiger partial charge in [-0.2, -0.15) is 5.48 Å². The van der Waals surface area contributed by atoms with Gasteiger partial charge in [0.05, 0.1) is 0 Å². The van der Waals surface area contributed by atoms with Gasteiger partial charge in [-0.15, -0.1) is 0 Å². The summed E-state index contributed by atoms with van der Waals surface area (Å²) in [6, 6.07) is 7.35. The molecule has 0 saturated heterocycles. The Hall–Kier alpha value is -3.36. The highest BCUT2D eigenvalue weighted by Crippen LogP contribution is 2.18. The smallest absolute Gasteiger partial charge is 0.343 e. The second kappa shape index (κ2) is 11.3. The fourth-order valence-corrected chi connectivity index (χ4v) is 1.94. The lowest BCUT2D eigenvalue weighted by atomic mass is 10.1. The highest BCUT2D eigenvalue weighted by molar-refractivity contribution is 6.39. The predicted molar refractivity (Wildman–Crippen MR) is 98.3 cm³/mol. The van der Waals surface area contributed by atoms with Crippen LogP contribution in [0.15, 0.2) is 35.6 Å². The maximum Gasteiger partial charge on any atom is 0.343 e. The van der Waals surface area contributed by atoms with Gasteiger partial charge >= 0.3 is 17.8 Å². The number of oxime groups is 1. The lowest BCUT2D eigenvalue weighted by Gasteiger charge is -2.06. The van der Waals surface area contributed by atoms with Gasteiger partial charge in [-0.25, -0.2) is 4.79 Å². The molecule has 0 spiro atoms. The maximum atomic E-state index is 11.8. The molecule has 0 atom stereocenters. The third-order valence-electron chi connectivity index (χ3n) is 3.47. The topological polar surface area (TPSA) is 141 Å². The average molecular weight is 377 g/mol. The molecule has 0 aliphatic heterocycles. The number of para-hydroxylation sites is 1. The zero-order valence-corrected chi connectivity index (χ0v) is 15.2. The molecule has 2 rings (SSSR count). The standard InChI is InChI=1S/C14H13N3O6.C4H10/c18-12(19)6-13(20)23-17-14(21)11(16-22)5-8-7-15-10-4-2-1-3-9(8)10;1-3-4-2/h1-4,7,15,22H,5-6H2,(H,17,21)(H,18,19);3-4H2,1-2H3/b16-11-;.